The van der Waals surface area contributed by atoms with Gasteiger partial charge in [0.15, 0.2) is 5.11 Å². The third-order valence-electron chi connectivity index (χ3n) is 2.53. The summed E-state index contributed by atoms with van der Waals surface area (Å²) >= 11 is 14.5. The van der Waals surface area contributed by atoms with Gasteiger partial charge in [0.25, 0.3) is 0 Å². The second-order valence-electron chi connectivity index (χ2n) is 4.08. The van der Waals surface area contributed by atoms with Gasteiger partial charge in [-0.3, -0.25) is 0 Å². The van der Waals surface area contributed by atoms with Crippen LogP contribution in [-0.4, -0.2) is 11.7 Å². The fourth-order valence-corrected chi connectivity index (χ4v) is 2.58. The summed E-state index contributed by atoms with van der Waals surface area (Å²) in [5, 5.41) is 6.36. The van der Waals surface area contributed by atoms with Crippen LogP contribution in [0.15, 0.2) is 46.9 Å². The summed E-state index contributed by atoms with van der Waals surface area (Å²) in [5.41, 5.74) is 0.920. The first-order chi connectivity index (χ1) is 10.5. The molecule has 0 spiro atoms. The molecule has 22 heavy (non-hydrogen) atoms. The molecule has 0 radical (unpaired) electrons. The van der Waals surface area contributed by atoms with E-state index in [9.17, 15) is 8.78 Å². The number of hydrogen-bond donors (Lipinski definition) is 2. The Balaban J connectivity index is 2.09. The summed E-state index contributed by atoms with van der Waals surface area (Å²) in [6.07, 6.45) is 0. The van der Waals surface area contributed by atoms with Crippen LogP contribution in [-0.2, 0) is 0 Å². The average molecular weight is 408 g/mol. The molecular weight excluding hydrogens is 398 g/mol. The van der Waals surface area contributed by atoms with Gasteiger partial charge in [-0.25, -0.2) is 0 Å². The number of anilines is 2. The van der Waals surface area contributed by atoms with Gasteiger partial charge >= 0.3 is 6.61 Å². The Bertz CT molecular complexity index is 688. The summed E-state index contributed by atoms with van der Waals surface area (Å²) in [6, 6.07) is 11.5. The molecule has 0 saturated heterocycles. The van der Waals surface area contributed by atoms with Crippen molar-refractivity contribution in [3.63, 3.8) is 0 Å². The Hall–Kier alpha value is -1.44. The SMILES string of the molecule is FC(F)Oc1ccccc1NC(=S)Nc1ccc(Br)cc1Cl. The van der Waals surface area contributed by atoms with Gasteiger partial charge in [-0.15, -0.1) is 0 Å². The second-order valence-corrected chi connectivity index (χ2v) is 5.81. The molecule has 0 aromatic heterocycles. The Morgan fingerprint density at radius 3 is 2.50 bits per heavy atom. The zero-order chi connectivity index (χ0) is 16.1. The lowest BCUT2D eigenvalue weighted by molar-refractivity contribution is -0.0493. The fourth-order valence-electron chi connectivity index (χ4n) is 1.64. The van der Waals surface area contributed by atoms with Crippen LogP contribution in [0.4, 0.5) is 20.2 Å². The molecule has 0 fully saturated rings. The van der Waals surface area contributed by atoms with Gasteiger partial charge in [0.2, 0.25) is 0 Å². The topological polar surface area (TPSA) is 33.3 Å². The third kappa shape index (κ3) is 4.79. The smallest absolute Gasteiger partial charge is 0.387 e. The van der Waals surface area contributed by atoms with Crippen molar-refractivity contribution in [1.82, 2.24) is 0 Å². The second kappa shape index (κ2) is 7.71. The molecule has 2 N–H and O–H groups in total. The number of thiocarbonyl (C=S) groups is 1. The maximum absolute atomic E-state index is 12.4. The van der Waals surface area contributed by atoms with Gasteiger partial charge in [-0.2, -0.15) is 8.78 Å². The highest BCUT2D eigenvalue weighted by Gasteiger charge is 2.10. The van der Waals surface area contributed by atoms with Crippen LogP contribution in [0.25, 0.3) is 0 Å². The predicted octanol–water partition coefficient (Wildman–Crippen LogP) is 5.51. The van der Waals surface area contributed by atoms with Crippen LogP contribution < -0.4 is 15.4 Å². The highest BCUT2D eigenvalue weighted by Crippen LogP contribution is 2.28. The van der Waals surface area contributed by atoms with Gasteiger partial charge in [0.1, 0.15) is 5.75 Å². The van der Waals surface area contributed by atoms with Crippen LogP contribution in [0.3, 0.4) is 0 Å². The molecule has 116 valence electrons. The van der Waals surface area contributed by atoms with E-state index in [1.54, 1.807) is 36.4 Å². The average Bonchev–Trinajstić information content (AvgIpc) is 2.43. The summed E-state index contributed by atoms with van der Waals surface area (Å²) in [4.78, 5) is 0. The number of benzene rings is 2. The van der Waals surface area contributed by atoms with Crippen molar-refractivity contribution in [1.29, 1.82) is 0 Å². The largest absolute Gasteiger partial charge is 0.433 e. The number of nitrogens with one attached hydrogen (secondary N) is 2. The molecule has 2 aromatic carbocycles. The van der Waals surface area contributed by atoms with E-state index in [0.717, 1.165) is 4.47 Å². The minimum atomic E-state index is -2.91. The summed E-state index contributed by atoms with van der Waals surface area (Å²) < 4.78 is 30.0. The van der Waals surface area contributed by atoms with E-state index < -0.39 is 6.61 Å². The Morgan fingerprint density at radius 2 is 1.82 bits per heavy atom. The van der Waals surface area contributed by atoms with E-state index in [-0.39, 0.29) is 10.9 Å². The van der Waals surface area contributed by atoms with Gasteiger partial charge in [0.05, 0.1) is 16.4 Å². The number of rotatable bonds is 4. The normalized spacial score (nSPS) is 10.4. The van der Waals surface area contributed by atoms with Gasteiger partial charge in [-0.1, -0.05) is 39.7 Å². The molecule has 0 aliphatic rings. The van der Waals surface area contributed by atoms with E-state index in [2.05, 4.69) is 31.3 Å². The molecular formula is C14H10BrClF2N2OS. The van der Waals surface area contributed by atoms with Crippen molar-refractivity contribution in [3.05, 3.63) is 52.0 Å². The highest BCUT2D eigenvalue weighted by molar-refractivity contribution is 9.10. The Labute approximate surface area is 144 Å². The Kier molecular flexibility index (Phi) is 5.93. The first-order valence-electron chi connectivity index (χ1n) is 6.02. The molecule has 2 aromatic rings. The zero-order valence-corrected chi connectivity index (χ0v) is 14.1. The maximum Gasteiger partial charge on any atom is 0.387 e. The molecule has 0 saturated carbocycles. The molecule has 0 aliphatic heterocycles. The molecule has 0 atom stereocenters. The van der Waals surface area contributed by atoms with Crippen molar-refractivity contribution >= 4 is 56.2 Å². The van der Waals surface area contributed by atoms with E-state index in [1.807, 2.05) is 0 Å². The Morgan fingerprint density at radius 1 is 1.14 bits per heavy atom. The van der Waals surface area contributed by atoms with Crippen LogP contribution >= 0.6 is 39.7 Å². The first kappa shape index (κ1) is 16.9. The van der Waals surface area contributed by atoms with Crippen molar-refractivity contribution in [3.8, 4) is 5.75 Å². The minimum absolute atomic E-state index is 0.00329. The highest BCUT2D eigenvalue weighted by atomic mass is 79.9. The van der Waals surface area contributed by atoms with E-state index in [4.69, 9.17) is 23.8 Å². The quantitative estimate of drug-likeness (QED) is 0.655. The lowest BCUT2D eigenvalue weighted by Gasteiger charge is -2.15. The monoisotopic (exact) mass is 406 g/mol. The van der Waals surface area contributed by atoms with Crippen molar-refractivity contribution in [2.45, 2.75) is 6.61 Å². The van der Waals surface area contributed by atoms with Crippen LogP contribution in [0.1, 0.15) is 0 Å². The van der Waals surface area contributed by atoms with Gasteiger partial charge in [-0.05, 0) is 42.5 Å². The maximum atomic E-state index is 12.4. The standard InChI is InChI=1S/C14H10BrClF2N2OS/c15-8-5-6-10(9(16)7-8)19-14(22)20-11-3-1-2-4-12(11)21-13(17)18/h1-7,13H,(H2,19,20,22). The fraction of sp³-hybridized carbons (Fsp3) is 0.0714. The molecule has 0 aliphatic carbocycles. The summed E-state index contributed by atoms with van der Waals surface area (Å²) in [6.45, 7) is -2.91. The zero-order valence-electron chi connectivity index (χ0n) is 10.9. The molecule has 0 amide bonds. The van der Waals surface area contributed by atoms with Crippen LogP contribution in [0.2, 0.25) is 5.02 Å². The number of hydrogen-bond acceptors (Lipinski definition) is 2. The van der Waals surface area contributed by atoms with Crippen molar-refractivity contribution < 1.29 is 13.5 Å². The lowest BCUT2D eigenvalue weighted by Crippen LogP contribution is -2.20. The number of ether oxygens (including phenoxy) is 1. The minimum Gasteiger partial charge on any atom is -0.433 e. The molecule has 8 heteroatoms. The molecule has 0 bridgehead atoms. The van der Waals surface area contributed by atoms with Crippen LogP contribution in [0, 0.1) is 0 Å². The summed E-state index contributed by atoms with van der Waals surface area (Å²) in [7, 11) is 0. The number of halogens is 4. The lowest BCUT2D eigenvalue weighted by atomic mass is 10.3. The number of alkyl halides is 2. The van der Waals surface area contributed by atoms with E-state index in [1.165, 1.54) is 6.07 Å². The van der Waals surface area contributed by atoms with Crippen LogP contribution in [0.5, 0.6) is 5.75 Å². The summed E-state index contributed by atoms with van der Waals surface area (Å²) in [5.74, 6) is 0.00329. The van der Waals surface area contributed by atoms with E-state index >= 15 is 0 Å². The third-order valence-corrected chi connectivity index (χ3v) is 3.54. The van der Waals surface area contributed by atoms with Gasteiger partial charge in [0, 0.05) is 4.47 Å². The molecule has 0 heterocycles. The molecule has 2 rings (SSSR count). The number of para-hydroxylation sites is 2. The predicted molar refractivity (Wildman–Crippen MR) is 92.1 cm³/mol. The van der Waals surface area contributed by atoms with Crippen molar-refractivity contribution in [2.75, 3.05) is 10.6 Å². The first-order valence-corrected chi connectivity index (χ1v) is 7.60. The van der Waals surface area contributed by atoms with Gasteiger partial charge < -0.3 is 15.4 Å². The molecule has 3 nitrogen and oxygen atoms in total. The molecule has 0 unspecified atom stereocenters. The van der Waals surface area contributed by atoms with Crippen molar-refractivity contribution in [2.24, 2.45) is 0 Å². The van der Waals surface area contributed by atoms with E-state index in [0.29, 0.717) is 16.4 Å².